The van der Waals surface area contributed by atoms with Gasteiger partial charge in [0.15, 0.2) is 0 Å². The van der Waals surface area contributed by atoms with E-state index in [9.17, 15) is 4.79 Å². The zero-order valence-electron chi connectivity index (χ0n) is 10.6. The highest BCUT2D eigenvalue weighted by atomic mass is 16.5. The average molecular weight is 246 g/mol. The normalized spacial score (nSPS) is 19.4. The van der Waals surface area contributed by atoms with Crippen LogP contribution in [0, 0.1) is 0 Å². The van der Waals surface area contributed by atoms with Crippen molar-refractivity contribution in [3.8, 4) is 0 Å². The Balaban J connectivity index is 2.01. The molecule has 96 valence electrons. The molecule has 1 aromatic carbocycles. The number of aromatic carboxylic acids is 1. The van der Waals surface area contributed by atoms with Crippen LogP contribution in [0.3, 0.4) is 0 Å². The summed E-state index contributed by atoms with van der Waals surface area (Å²) >= 11 is 0. The molecular formula is C15H18O3. The molecule has 0 spiro atoms. The van der Waals surface area contributed by atoms with Crippen molar-refractivity contribution in [2.75, 3.05) is 7.11 Å². The van der Waals surface area contributed by atoms with Gasteiger partial charge in [0.2, 0.25) is 0 Å². The van der Waals surface area contributed by atoms with E-state index in [1.807, 2.05) is 18.4 Å². The molecule has 3 heteroatoms. The summed E-state index contributed by atoms with van der Waals surface area (Å²) in [6.45, 7) is 0. The molecule has 1 saturated carbocycles. The number of rotatable bonds is 3. The minimum absolute atomic E-state index is 0.356. The minimum atomic E-state index is -0.865. The summed E-state index contributed by atoms with van der Waals surface area (Å²) in [4.78, 5) is 10.8. The number of carboxylic acids is 1. The zero-order valence-corrected chi connectivity index (χ0v) is 10.6. The van der Waals surface area contributed by atoms with Gasteiger partial charge in [-0.1, -0.05) is 12.1 Å². The first-order chi connectivity index (χ1) is 8.70. The molecule has 1 N–H and O–H groups in total. The van der Waals surface area contributed by atoms with Crippen molar-refractivity contribution in [2.24, 2.45) is 0 Å². The van der Waals surface area contributed by atoms with Gasteiger partial charge in [-0.2, -0.15) is 0 Å². The number of hydrogen-bond acceptors (Lipinski definition) is 2. The van der Waals surface area contributed by atoms with Crippen LogP contribution < -0.4 is 0 Å². The zero-order chi connectivity index (χ0) is 13.0. The lowest BCUT2D eigenvalue weighted by Gasteiger charge is -2.24. The van der Waals surface area contributed by atoms with Gasteiger partial charge in [0, 0.05) is 0 Å². The first-order valence-corrected chi connectivity index (χ1v) is 6.24. The maximum absolute atomic E-state index is 10.8. The standard InChI is InChI=1S/C15H18O3/c1-18-10-11-2-4-12(5-3-11)13-6-8-14(9-7-13)15(16)17/h6-10,12H,2-5H2,1H3,(H,16,17). The van der Waals surface area contributed by atoms with E-state index in [1.165, 1.54) is 11.1 Å². The van der Waals surface area contributed by atoms with Crippen molar-refractivity contribution in [1.82, 2.24) is 0 Å². The van der Waals surface area contributed by atoms with Crippen molar-refractivity contribution in [3.05, 3.63) is 47.2 Å². The lowest BCUT2D eigenvalue weighted by molar-refractivity contribution is 0.0697. The average Bonchev–Trinajstić information content (AvgIpc) is 2.40. The molecule has 1 aliphatic carbocycles. The molecule has 0 heterocycles. The quantitative estimate of drug-likeness (QED) is 0.829. The van der Waals surface area contributed by atoms with Gasteiger partial charge in [0.25, 0.3) is 0 Å². The highest BCUT2D eigenvalue weighted by molar-refractivity contribution is 5.87. The molecule has 0 bridgehead atoms. The van der Waals surface area contributed by atoms with Crippen LogP contribution in [0.1, 0.15) is 47.5 Å². The SMILES string of the molecule is COC=C1CCC(c2ccc(C(=O)O)cc2)CC1. The summed E-state index contributed by atoms with van der Waals surface area (Å²) in [6.07, 6.45) is 6.21. The Morgan fingerprint density at radius 2 is 1.89 bits per heavy atom. The lowest BCUT2D eigenvalue weighted by Crippen LogP contribution is -2.07. The molecule has 1 fully saturated rings. The number of hydrogen-bond donors (Lipinski definition) is 1. The Morgan fingerprint density at radius 3 is 2.39 bits per heavy atom. The fourth-order valence-electron chi connectivity index (χ4n) is 2.50. The number of carbonyl (C=O) groups is 1. The van der Waals surface area contributed by atoms with Gasteiger partial charge in [-0.25, -0.2) is 4.79 Å². The third-order valence-electron chi connectivity index (χ3n) is 3.54. The summed E-state index contributed by atoms with van der Waals surface area (Å²) in [5.74, 6) is -0.322. The molecule has 0 aliphatic heterocycles. The van der Waals surface area contributed by atoms with Gasteiger partial charge in [0.1, 0.15) is 0 Å². The smallest absolute Gasteiger partial charge is 0.335 e. The molecule has 1 aliphatic rings. The second-order valence-corrected chi connectivity index (χ2v) is 4.71. The van der Waals surface area contributed by atoms with E-state index in [1.54, 1.807) is 19.2 Å². The van der Waals surface area contributed by atoms with E-state index >= 15 is 0 Å². The van der Waals surface area contributed by atoms with Crippen LogP contribution in [0.2, 0.25) is 0 Å². The van der Waals surface area contributed by atoms with Crippen LogP contribution in [0.25, 0.3) is 0 Å². The van der Waals surface area contributed by atoms with Crippen LogP contribution in [0.15, 0.2) is 36.1 Å². The van der Waals surface area contributed by atoms with E-state index in [-0.39, 0.29) is 0 Å². The molecule has 0 atom stereocenters. The molecule has 0 unspecified atom stereocenters. The van der Waals surface area contributed by atoms with Crippen LogP contribution in [0.4, 0.5) is 0 Å². The monoisotopic (exact) mass is 246 g/mol. The Hall–Kier alpha value is -1.77. The molecule has 2 rings (SSSR count). The second-order valence-electron chi connectivity index (χ2n) is 4.71. The van der Waals surface area contributed by atoms with Gasteiger partial charge in [-0.05, 0) is 54.9 Å². The number of carboxylic acid groups (broad SMARTS) is 1. The molecule has 0 saturated heterocycles. The van der Waals surface area contributed by atoms with E-state index in [0.29, 0.717) is 11.5 Å². The Bertz CT molecular complexity index is 435. The second kappa shape index (κ2) is 5.71. The summed E-state index contributed by atoms with van der Waals surface area (Å²) < 4.78 is 5.04. The lowest BCUT2D eigenvalue weighted by atomic mass is 9.82. The highest BCUT2D eigenvalue weighted by Crippen LogP contribution is 2.35. The van der Waals surface area contributed by atoms with E-state index in [0.717, 1.165) is 25.7 Å². The summed E-state index contributed by atoms with van der Waals surface area (Å²) in [5, 5.41) is 8.86. The number of methoxy groups -OCH3 is 1. The van der Waals surface area contributed by atoms with Gasteiger partial charge in [-0.3, -0.25) is 0 Å². The molecule has 0 aromatic heterocycles. The predicted octanol–water partition coefficient (Wildman–Crippen LogP) is 3.57. The maximum Gasteiger partial charge on any atom is 0.335 e. The molecular weight excluding hydrogens is 228 g/mol. The molecule has 3 nitrogen and oxygen atoms in total. The van der Waals surface area contributed by atoms with Crippen molar-refractivity contribution >= 4 is 5.97 Å². The topological polar surface area (TPSA) is 46.5 Å². The number of ether oxygens (including phenoxy) is 1. The van der Waals surface area contributed by atoms with Gasteiger partial charge in [-0.15, -0.1) is 0 Å². The molecule has 0 radical (unpaired) electrons. The van der Waals surface area contributed by atoms with Crippen LogP contribution in [-0.2, 0) is 4.74 Å². The van der Waals surface area contributed by atoms with Crippen molar-refractivity contribution < 1.29 is 14.6 Å². The predicted molar refractivity (Wildman–Crippen MR) is 69.7 cm³/mol. The minimum Gasteiger partial charge on any atom is -0.504 e. The van der Waals surface area contributed by atoms with Crippen molar-refractivity contribution in [3.63, 3.8) is 0 Å². The number of allylic oxidation sites excluding steroid dienone is 1. The highest BCUT2D eigenvalue weighted by Gasteiger charge is 2.18. The molecule has 1 aromatic rings. The summed E-state index contributed by atoms with van der Waals surface area (Å²) in [5.41, 5.74) is 2.97. The third kappa shape index (κ3) is 2.92. The van der Waals surface area contributed by atoms with Crippen LogP contribution >= 0.6 is 0 Å². The third-order valence-corrected chi connectivity index (χ3v) is 3.54. The van der Waals surface area contributed by atoms with Crippen LogP contribution in [-0.4, -0.2) is 18.2 Å². The first-order valence-electron chi connectivity index (χ1n) is 6.24. The van der Waals surface area contributed by atoms with E-state index < -0.39 is 5.97 Å². The summed E-state index contributed by atoms with van der Waals surface area (Å²) in [7, 11) is 1.68. The first kappa shape index (κ1) is 12.7. The fourth-order valence-corrected chi connectivity index (χ4v) is 2.50. The molecule has 18 heavy (non-hydrogen) atoms. The molecule has 0 amide bonds. The largest absolute Gasteiger partial charge is 0.504 e. The fraction of sp³-hybridized carbons (Fsp3) is 0.400. The van der Waals surface area contributed by atoms with Gasteiger partial charge < -0.3 is 9.84 Å². The Morgan fingerprint density at radius 1 is 1.28 bits per heavy atom. The van der Waals surface area contributed by atoms with Crippen molar-refractivity contribution in [2.45, 2.75) is 31.6 Å². The van der Waals surface area contributed by atoms with Crippen molar-refractivity contribution in [1.29, 1.82) is 0 Å². The van der Waals surface area contributed by atoms with Gasteiger partial charge >= 0.3 is 5.97 Å². The maximum atomic E-state index is 10.8. The van der Waals surface area contributed by atoms with E-state index in [4.69, 9.17) is 9.84 Å². The van der Waals surface area contributed by atoms with Crippen LogP contribution in [0.5, 0.6) is 0 Å². The summed E-state index contributed by atoms with van der Waals surface area (Å²) in [6, 6.07) is 7.27. The number of benzene rings is 1. The van der Waals surface area contributed by atoms with Gasteiger partial charge in [0.05, 0.1) is 18.9 Å². The Kier molecular flexibility index (Phi) is 4.03. The Labute approximate surface area is 107 Å². The van der Waals surface area contributed by atoms with E-state index in [2.05, 4.69) is 0 Å².